The van der Waals surface area contributed by atoms with Crippen molar-refractivity contribution < 1.29 is 99.4 Å². The lowest BCUT2D eigenvalue weighted by molar-refractivity contribution is -0.137. The Labute approximate surface area is 725 Å². The van der Waals surface area contributed by atoms with Crippen LogP contribution < -0.4 is 30.5 Å². The van der Waals surface area contributed by atoms with Gasteiger partial charge >= 0.3 is 12.0 Å². The van der Waals surface area contributed by atoms with E-state index < -0.39 is 29.7 Å². The number of hydrogen-bond donors (Lipinski definition) is 3. The van der Waals surface area contributed by atoms with Crippen LogP contribution in [0.1, 0.15) is 109 Å². The molecule has 0 bridgehead atoms. The van der Waals surface area contributed by atoms with Gasteiger partial charge in [0.1, 0.15) is 18.5 Å². The number of piperidine rings is 1. The van der Waals surface area contributed by atoms with Crippen LogP contribution in [-0.2, 0) is 113 Å². The number of amides is 6. The van der Waals surface area contributed by atoms with Crippen LogP contribution in [0.25, 0.3) is 10.8 Å². The number of likely N-dealkylation sites (tertiary alicyclic amines) is 1. The molecule has 3 atom stereocenters. The molecule has 6 amide bonds. The van der Waals surface area contributed by atoms with Crippen LogP contribution in [0.5, 0.6) is 6.01 Å². The molecular weight excluding hydrogens is 1620 g/mol. The molecule has 3 N–H and O–H groups in total. The van der Waals surface area contributed by atoms with Crippen molar-refractivity contribution in [3.05, 3.63) is 129 Å². The van der Waals surface area contributed by atoms with Gasteiger partial charge in [0.2, 0.25) is 11.8 Å². The van der Waals surface area contributed by atoms with E-state index in [1.54, 1.807) is 18.2 Å². The van der Waals surface area contributed by atoms with Gasteiger partial charge in [-0.15, -0.1) is 0 Å². The molecule has 3 saturated heterocycles. The average Bonchev–Trinajstić information content (AvgIpc) is 1.34. The first-order valence-electron chi connectivity index (χ1n) is 43.0. The van der Waals surface area contributed by atoms with E-state index in [-0.39, 0.29) is 62.4 Å². The van der Waals surface area contributed by atoms with Gasteiger partial charge in [-0.25, -0.2) is 9.18 Å². The van der Waals surface area contributed by atoms with Gasteiger partial charge in [0.25, 0.3) is 11.8 Å². The number of halogens is 3. The second kappa shape index (κ2) is 55.5. The van der Waals surface area contributed by atoms with Gasteiger partial charge in [-0.2, -0.15) is 15.2 Å². The largest absolute Gasteiger partial charge is 0.462 e. The molecule has 1 aromatic heterocycles. The summed E-state index contributed by atoms with van der Waals surface area (Å²) in [6.45, 7) is 21.3. The lowest BCUT2D eigenvalue weighted by atomic mass is 10.0. The number of urea groups is 1. The van der Waals surface area contributed by atoms with Crippen LogP contribution in [0, 0.1) is 11.3 Å². The average molecular weight is 1740 g/mol. The second-order valence-electron chi connectivity index (χ2n) is 30.0. The molecule has 10 rings (SSSR count). The molecule has 0 aliphatic carbocycles. The molecule has 31 nitrogen and oxygen atoms in total. The highest BCUT2D eigenvalue weighted by molar-refractivity contribution is 6.36. The van der Waals surface area contributed by atoms with Gasteiger partial charge in [0.15, 0.2) is 5.83 Å². The van der Waals surface area contributed by atoms with Gasteiger partial charge in [0, 0.05) is 97.8 Å². The highest BCUT2D eigenvalue weighted by atomic mass is 35.5. The SMILES string of the molecule is C=C(F)C(=O)N1CCN(c2nc(OC[C@@H]3CCCN3CCOCCOCCOCCOCCOCCOCCOCCOCCOCCOCCOCCOCCOCCOCCCCCCCCc3cc(Cl)cc(NC(=O)NCc4ccc5c(c4)CN(C4CCC(=O)NC4=O)C5=O)c3)nc3c2CCN(c2cccc4cccc(Cl)c24)C3)C[C@@H]1CC#N. The Morgan fingerprint density at radius 3 is 1.73 bits per heavy atom. The molecule has 0 radical (unpaired) electrons. The highest BCUT2D eigenvalue weighted by Gasteiger charge is 2.40. The molecule has 0 spiro atoms. The predicted molar refractivity (Wildman–Crippen MR) is 457 cm³/mol. The number of carbonyl (C=O) groups is 5. The zero-order chi connectivity index (χ0) is 85.6. The Bertz CT molecular complexity index is 4080. The number of aryl methyl sites for hydroxylation is 1. The van der Waals surface area contributed by atoms with E-state index in [0.717, 1.165) is 115 Å². The minimum absolute atomic E-state index is 0.0353. The minimum atomic E-state index is -1.04. The number of ether oxygens (including phenoxy) is 15. The smallest absolute Gasteiger partial charge is 0.319 e. The number of anilines is 3. The zero-order valence-corrected chi connectivity index (χ0v) is 71.8. The summed E-state index contributed by atoms with van der Waals surface area (Å²) in [6.07, 6.45) is 10.5. The van der Waals surface area contributed by atoms with Crippen molar-refractivity contribution in [1.82, 2.24) is 35.3 Å². The number of hydrogen-bond acceptors (Lipinski definition) is 26. The van der Waals surface area contributed by atoms with Crippen molar-refractivity contribution in [1.29, 1.82) is 5.26 Å². The first kappa shape index (κ1) is 96.3. The fraction of sp³-hybridized carbons (Fsp3) is 0.614. The van der Waals surface area contributed by atoms with Gasteiger partial charge < -0.3 is 101 Å². The predicted octanol–water partition coefficient (Wildman–Crippen LogP) is 9.65. The number of fused-ring (bicyclic) bond motifs is 3. The number of nitriles is 1. The summed E-state index contributed by atoms with van der Waals surface area (Å²) in [4.78, 5) is 82.4. The molecule has 5 aromatic rings. The van der Waals surface area contributed by atoms with E-state index >= 15 is 0 Å². The molecule has 670 valence electrons. The number of benzene rings is 4. The molecule has 5 aliphatic heterocycles. The maximum Gasteiger partial charge on any atom is 0.319 e. The number of nitrogens with zero attached hydrogens (tertiary/aromatic N) is 8. The summed E-state index contributed by atoms with van der Waals surface area (Å²) in [6, 6.07) is 24.0. The summed E-state index contributed by atoms with van der Waals surface area (Å²) in [5, 5.41) is 21.1. The van der Waals surface area contributed by atoms with Crippen molar-refractivity contribution in [2.24, 2.45) is 0 Å². The third-order valence-corrected chi connectivity index (χ3v) is 21.9. The van der Waals surface area contributed by atoms with Crippen molar-refractivity contribution >= 4 is 80.8 Å². The minimum Gasteiger partial charge on any atom is -0.462 e. The van der Waals surface area contributed by atoms with Crippen LogP contribution >= 0.6 is 23.2 Å². The quantitative estimate of drug-likeness (QED) is 0.0185. The van der Waals surface area contributed by atoms with Crippen LogP contribution in [0.4, 0.5) is 26.4 Å². The van der Waals surface area contributed by atoms with Crippen molar-refractivity contribution in [3.8, 4) is 12.1 Å². The topological polar surface area (TPSA) is 326 Å². The van der Waals surface area contributed by atoms with Crippen LogP contribution in [0.15, 0.2) is 85.2 Å². The molecule has 122 heavy (non-hydrogen) atoms. The molecular formula is C88H122Cl2FN11O20. The number of rotatable bonds is 62. The zero-order valence-electron chi connectivity index (χ0n) is 70.3. The van der Waals surface area contributed by atoms with Crippen molar-refractivity contribution in [2.75, 3.05) is 246 Å². The summed E-state index contributed by atoms with van der Waals surface area (Å²) in [5.74, 6) is -2.15. The molecule has 3 fully saturated rings. The third-order valence-electron chi connectivity index (χ3n) is 21.3. The summed E-state index contributed by atoms with van der Waals surface area (Å²) in [7, 11) is 0. The third kappa shape index (κ3) is 33.2. The molecule has 0 saturated carbocycles. The Kier molecular flexibility index (Phi) is 43.8. The number of nitrogens with one attached hydrogen (secondary N) is 3. The standard InChI is InChI=1S/C88H122Cl2FN11O20/c1-66(91)85(105)101-27-26-100(63-73(101)21-23-92)83-76-22-25-99(79-16-9-13-69-12-8-15-77(90)82(69)79)64-78(76)95-88(97-83)122-65-74-14-10-24-98(74)28-30-109-32-34-111-36-38-113-40-42-115-44-46-117-48-50-119-52-54-121-56-55-120-53-51-118-49-47-116-45-43-114-41-39-112-37-35-110-33-31-108-29-7-5-3-2-4-6-11-67-58-71(89)60-72(59-67)94-87(107)93-61-68-17-18-75-70(57-68)62-102(86(75)106)80-19-20-81(103)96-84(80)104/h8-9,12-13,15-18,57-60,73-74,80H,1-7,10-11,14,19-22,24-56,61-65H2,(H2,93,94,107)(H,96,103,104)/t73-,74-,80?/m0/s1. The van der Waals surface area contributed by atoms with E-state index in [1.165, 1.54) is 9.80 Å². The normalized spacial score (nSPS) is 16.7. The fourth-order valence-corrected chi connectivity index (χ4v) is 15.6. The molecule has 34 heteroatoms. The maximum absolute atomic E-state index is 14.1. The first-order chi connectivity index (χ1) is 59.8. The van der Waals surface area contributed by atoms with Crippen LogP contribution in [-0.4, -0.2) is 303 Å². The van der Waals surface area contributed by atoms with E-state index in [1.807, 2.05) is 36.4 Å². The summed E-state index contributed by atoms with van der Waals surface area (Å²) < 4.78 is 99.6. The summed E-state index contributed by atoms with van der Waals surface area (Å²) in [5.41, 5.74) is 6.60. The number of unbranched alkanes of at least 4 members (excludes halogenated alkanes) is 5. The number of imide groups is 1. The highest BCUT2D eigenvalue weighted by Crippen LogP contribution is 2.38. The van der Waals surface area contributed by atoms with E-state index in [4.69, 9.17) is 104 Å². The molecule has 4 aromatic carbocycles. The van der Waals surface area contributed by atoms with E-state index in [2.05, 4.69) is 61.5 Å². The monoisotopic (exact) mass is 1740 g/mol. The second-order valence-corrected chi connectivity index (χ2v) is 30.9. The maximum atomic E-state index is 14.1. The van der Waals surface area contributed by atoms with E-state index in [0.29, 0.717) is 258 Å². The van der Waals surface area contributed by atoms with Gasteiger partial charge in [-0.1, -0.05) is 91.9 Å². The summed E-state index contributed by atoms with van der Waals surface area (Å²) >= 11 is 13.2. The number of piperazine rings is 1. The van der Waals surface area contributed by atoms with Crippen molar-refractivity contribution in [2.45, 2.75) is 121 Å². The number of aromatic nitrogens is 2. The van der Waals surface area contributed by atoms with Crippen molar-refractivity contribution in [3.63, 3.8) is 0 Å². The van der Waals surface area contributed by atoms with Crippen LogP contribution in [0.3, 0.4) is 0 Å². The van der Waals surface area contributed by atoms with E-state index in [9.17, 15) is 33.6 Å². The Hall–Kier alpha value is -7.89. The molecule has 6 heterocycles. The molecule has 5 aliphatic rings. The van der Waals surface area contributed by atoms with Gasteiger partial charge in [0.05, 0.1) is 214 Å². The number of carbonyl (C=O) groups excluding carboxylic acids is 5. The Morgan fingerprint density at radius 2 is 1.15 bits per heavy atom. The lowest BCUT2D eigenvalue weighted by Gasteiger charge is -2.42. The Morgan fingerprint density at radius 1 is 0.582 bits per heavy atom. The molecule has 1 unspecified atom stereocenters. The van der Waals surface area contributed by atoms with Gasteiger partial charge in [-0.05, 0) is 110 Å². The Balaban J connectivity index is 0.425. The van der Waals surface area contributed by atoms with Crippen LogP contribution in [0.2, 0.25) is 10.0 Å². The van der Waals surface area contributed by atoms with Gasteiger partial charge in [-0.3, -0.25) is 29.4 Å². The fourth-order valence-electron chi connectivity index (χ4n) is 15.1. The lowest BCUT2D eigenvalue weighted by Crippen LogP contribution is -2.55. The first-order valence-corrected chi connectivity index (χ1v) is 43.7.